The third-order valence-corrected chi connectivity index (χ3v) is 5.07. The third-order valence-electron chi connectivity index (χ3n) is 5.07. The number of halogens is 2. The molecule has 0 radical (unpaired) electrons. The first-order chi connectivity index (χ1) is 12.6. The van der Waals surface area contributed by atoms with Crippen molar-refractivity contribution in [3.8, 4) is 5.75 Å². The van der Waals surface area contributed by atoms with Crippen molar-refractivity contribution in [1.82, 2.24) is 9.88 Å². The van der Waals surface area contributed by atoms with E-state index in [1.807, 2.05) is 12.1 Å². The summed E-state index contributed by atoms with van der Waals surface area (Å²) in [7, 11) is 0. The van der Waals surface area contributed by atoms with Crippen LogP contribution >= 0.6 is 0 Å². The van der Waals surface area contributed by atoms with Crippen molar-refractivity contribution in [2.45, 2.75) is 43.9 Å². The molecule has 0 aliphatic carbocycles. The van der Waals surface area contributed by atoms with Crippen LogP contribution in [0.1, 0.15) is 25.7 Å². The predicted molar refractivity (Wildman–Crippen MR) is 91.9 cm³/mol. The Morgan fingerprint density at radius 2 is 1.69 bits per heavy atom. The summed E-state index contributed by atoms with van der Waals surface area (Å²) in [6.07, 6.45) is 6.51. The van der Waals surface area contributed by atoms with Crippen LogP contribution in [0.4, 0.5) is 19.3 Å². The van der Waals surface area contributed by atoms with E-state index < -0.39 is 23.4 Å². The second kappa shape index (κ2) is 6.90. The second-order valence-electron chi connectivity index (χ2n) is 6.71. The lowest BCUT2D eigenvalue weighted by Gasteiger charge is -2.38. The lowest BCUT2D eigenvalue weighted by atomic mass is 10.00. The number of hydrogen-bond donors (Lipinski definition) is 1. The Morgan fingerprint density at radius 1 is 1.08 bits per heavy atom. The number of carbonyl (C=O) groups is 1. The van der Waals surface area contributed by atoms with Gasteiger partial charge in [0.25, 0.3) is 0 Å². The number of nitrogens with zero attached hydrogens (tertiary/aromatic N) is 2. The Morgan fingerprint density at radius 3 is 2.31 bits per heavy atom. The average Bonchev–Trinajstić information content (AvgIpc) is 2.90. The molecular formula is C19H19F2N3O2. The third kappa shape index (κ3) is 3.21. The molecule has 2 aliphatic heterocycles. The maximum absolute atomic E-state index is 13.8. The van der Waals surface area contributed by atoms with Crippen LogP contribution in [-0.2, 0) is 0 Å². The zero-order valence-corrected chi connectivity index (χ0v) is 14.1. The molecule has 2 unspecified atom stereocenters. The number of benzene rings is 1. The Balaban J connectivity index is 1.44. The molecule has 0 saturated carbocycles. The minimum Gasteiger partial charge on any atom is -0.490 e. The summed E-state index contributed by atoms with van der Waals surface area (Å²) in [5, 5.41) is 2.40. The summed E-state index contributed by atoms with van der Waals surface area (Å²) in [6.45, 7) is 0. The van der Waals surface area contributed by atoms with Gasteiger partial charge in [-0.05, 0) is 37.1 Å². The van der Waals surface area contributed by atoms with E-state index in [-0.39, 0.29) is 18.2 Å². The molecule has 1 N–H and O–H groups in total. The number of nitrogens with one attached hydrogen (secondary N) is 1. The fraction of sp³-hybridized carbons (Fsp3) is 0.368. The van der Waals surface area contributed by atoms with E-state index in [2.05, 4.69) is 10.3 Å². The molecule has 4 rings (SSSR count). The summed E-state index contributed by atoms with van der Waals surface area (Å²) in [5.74, 6) is -0.793. The van der Waals surface area contributed by atoms with Gasteiger partial charge in [-0.3, -0.25) is 4.98 Å². The minimum atomic E-state index is -0.776. The normalized spacial score (nSPS) is 24.4. The van der Waals surface area contributed by atoms with Crippen LogP contribution in [0.3, 0.4) is 0 Å². The van der Waals surface area contributed by atoms with E-state index in [4.69, 9.17) is 4.74 Å². The Kier molecular flexibility index (Phi) is 4.44. The highest BCUT2D eigenvalue weighted by Crippen LogP contribution is 2.37. The smallest absolute Gasteiger partial charge is 0.322 e. The predicted octanol–water partition coefficient (Wildman–Crippen LogP) is 3.97. The van der Waals surface area contributed by atoms with Gasteiger partial charge < -0.3 is 15.0 Å². The second-order valence-corrected chi connectivity index (χ2v) is 6.71. The molecule has 26 heavy (non-hydrogen) atoms. The molecule has 5 nitrogen and oxygen atoms in total. The average molecular weight is 359 g/mol. The summed E-state index contributed by atoms with van der Waals surface area (Å²) in [5.41, 5.74) is -0.396. The summed E-state index contributed by atoms with van der Waals surface area (Å²) < 4.78 is 33.6. The molecular weight excluding hydrogens is 340 g/mol. The Hall–Kier alpha value is -2.70. The van der Waals surface area contributed by atoms with E-state index in [0.29, 0.717) is 12.8 Å². The first-order valence-corrected chi connectivity index (χ1v) is 8.72. The number of para-hydroxylation sites is 1. The van der Waals surface area contributed by atoms with Gasteiger partial charge in [0.05, 0.1) is 0 Å². The van der Waals surface area contributed by atoms with Crippen molar-refractivity contribution >= 4 is 11.7 Å². The maximum Gasteiger partial charge on any atom is 0.322 e. The van der Waals surface area contributed by atoms with Gasteiger partial charge in [0, 0.05) is 37.3 Å². The highest BCUT2D eigenvalue weighted by atomic mass is 19.1. The van der Waals surface area contributed by atoms with Crippen LogP contribution in [0.2, 0.25) is 0 Å². The van der Waals surface area contributed by atoms with Crippen molar-refractivity contribution in [2.75, 3.05) is 5.32 Å². The topological polar surface area (TPSA) is 54.5 Å². The summed E-state index contributed by atoms with van der Waals surface area (Å²) >= 11 is 0. The molecule has 0 spiro atoms. The Bertz CT molecular complexity index is 768. The van der Waals surface area contributed by atoms with Gasteiger partial charge in [0.1, 0.15) is 29.2 Å². The van der Waals surface area contributed by atoms with Crippen LogP contribution in [0, 0.1) is 11.6 Å². The molecule has 2 saturated heterocycles. The number of amides is 2. The monoisotopic (exact) mass is 359 g/mol. The number of rotatable bonds is 3. The highest BCUT2D eigenvalue weighted by Gasteiger charge is 2.44. The Labute approximate surface area is 150 Å². The van der Waals surface area contributed by atoms with Gasteiger partial charge in [-0.15, -0.1) is 0 Å². The number of aromatic nitrogens is 1. The fourth-order valence-corrected chi connectivity index (χ4v) is 3.95. The van der Waals surface area contributed by atoms with Crippen LogP contribution < -0.4 is 10.1 Å². The van der Waals surface area contributed by atoms with E-state index in [0.717, 1.165) is 30.7 Å². The number of piperidine rings is 1. The zero-order chi connectivity index (χ0) is 18.1. The molecule has 3 heterocycles. The van der Waals surface area contributed by atoms with E-state index >= 15 is 0 Å². The van der Waals surface area contributed by atoms with E-state index in [1.54, 1.807) is 17.3 Å². The number of ether oxygens (including phenoxy) is 1. The van der Waals surface area contributed by atoms with E-state index in [1.165, 1.54) is 6.07 Å². The molecule has 2 bridgehead atoms. The quantitative estimate of drug-likeness (QED) is 0.902. The molecule has 2 atom stereocenters. The fourth-order valence-electron chi connectivity index (χ4n) is 3.95. The van der Waals surface area contributed by atoms with Gasteiger partial charge in [0.15, 0.2) is 0 Å². The molecule has 2 aliphatic rings. The molecule has 2 amide bonds. The molecule has 136 valence electrons. The van der Waals surface area contributed by atoms with Crippen LogP contribution in [-0.4, -0.2) is 34.1 Å². The van der Waals surface area contributed by atoms with Crippen molar-refractivity contribution < 1.29 is 18.3 Å². The molecule has 2 aromatic rings. The van der Waals surface area contributed by atoms with Gasteiger partial charge in [-0.25, -0.2) is 13.6 Å². The number of anilines is 1. The van der Waals surface area contributed by atoms with Crippen molar-refractivity contribution in [3.63, 3.8) is 0 Å². The van der Waals surface area contributed by atoms with Crippen LogP contribution in [0.25, 0.3) is 0 Å². The molecule has 1 aromatic carbocycles. The SMILES string of the molecule is O=C(Nc1c(F)cccc1F)N1C2CCC1CC(Oc1ccncc1)C2. The first-order valence-electron chi connectivity index (χ1n) is 8.72. The highest BCUT2D eigenvalue weighted by molar-refractivity contribution is 5.90. The number of urea groups is 1. The molecule has 1 aromatic heterocycles. The lowest BCUT2D eigenvalue weighted by Crippen LogP contribution is -2.51. The number of pyridine rings is 1. The number of hydrogen-bond acceptors (Lipinski definition) is 3. The van der Waals surface area contributed by atoms with Gasteiger partial charge >= 0.3 is 6.03 Å². The maximum atomic E-state index is 13.8. The number of fused-ring (bicyclic) bond motifs is 2. The van der Waals surface area contributed by atoms with Crippen molar-refractivity contribution in [3.05, 3.63) is 54.4 Å². The standard InChI is InChI=1S/C19H19F2N3O2/c20-16-2-1-3-17(21)18(16)23-19(25)24-12-4-5-13(24)11-15(10-12)26-14-6-8-22-9-7-14/h1-3,6-9,12-13,15H,4-5,10-11H2,(H,23,25). The lowest BCUT2D eigenvalue weighted by molar-refractivity contribution is 0.0731. The molecule has 7 heteroatoms. The van der Waals surface area contributed by atoms with Gasteiger partial charge in [-0.2, -0.15) is 0 Å². The summed E-state index contributed by atoms with van der Waals surface area (Å²) in [4.78, 5) is 18.3. The van der Waals surface area contributed by atoms with Crippen LogP contribution in [0.5, 0.6) is 5.75 Å². The van der Waals surface area contributed by atoms with Gasteiger partial charge in [0.2, 0.25) is 0 Å². The first kappa shape index (κ1) is 16.8. The summed E-state index contributed by atoms with van der Waals surface area (Å²) in [6, 6.07) is 6.70. The van der Waals surface area contributed by atoms with Crippen molar-refractivity contribution in [1.29, 1.82) is 0 Å². The molecule has 2 fully saturated rings. The van der Waals surface area contributed by atoms with Crippen molar-refractivity contribution in [2.24, 2.45) is 0 Å². The number of carbonyl (C=O) groups excluding carboxylic acids is 1. The minimum absolute atomic E-state index is 0.00965. The van der Waals surface area contributed by atoms with Crippen LogP contribution in [0.15, 0.2) is 42.7 Å². The largest absolute Gasteiger partial charge is 0.490 e. The van der Waals surface area contributed by atoms with E-state index in [9.17, 15) is 13.6 Å². The zero-order valence-electron chi connectivity index (χ0n) is 14.1. The van der Waals surface area contributed by atoms with Gasteiger partial charge in [-0.1, -0.05) is 6.07 Å².